The molecule has 3 aromatic carbocycles. The smallest absolute Gasteiger partial charge is 0.322 e. The van der Waals surface area contributed by atoms with E-state index in [4.69, 9.17) is 29.4 Å². The number of para-hydroxylation sites is 1. The predicted molar refractivity (Wildman–Crippen MR) is 182 cm³/mol. The van der Waals surface area contributed by atoms with Crippen molar-refractivity contribution in [2.45, 2.75) is 38.5 Å². The average Bonchev–Trinajstić information content (AvgIpc) is 3.64. The van der Waals surface area contributed by atoms with Crippen LogP contribution in [0, 0.1) is 12.7 Å². The van der Waals surface area contributed by atoms with Crippen LogP contribution in [0.25, 0.3) is 16.6 Å². The van der Waals surface area contributed by atoms with Crippen molar-refractivity contribution in [3.63, 3.8) is 0 Å². The Kier molecular flexibility index (Phi) is 9.83. The molecule has 14 heteroatoms. The molecule has 1 fully saturated rings. The van der Waals surface area contributed by atoms with E-state index in [1.54, 1.807) is 68.0 Å². The van der Waals surface area contributed by atoms with Crippen molar-refractivity contribution in [1.82, 2.24) is 14.3 Å². The molecule has 1 aliphatic heterocycles. The van der Waals surface area contributed by atoms with E-state index < -0.39 is 35.4 Å². The number of nitrogens with zero attached hydrogens (tertiary/aromatic N) is 3. The first-order chi connectivity index (χ1) is 24.0. The maximum absolute atomic E-state index is 15.4. The second kappa shape index (κ2) is 14.4. The number of anilines is 1. The highest BCUT2D eigenvalue weighted by molar-refractivity contribution is 6.05. The Balaban J connectivity index is 1.15. The molecule has 0 spiro atoms. The Labute approximate surface area is 286 Å². The second-order valence-electron chi connectivity index (χ2n) is 11.8. The number of halogens is 1. The summed E-state index contributed by atoms with van der Waals surface area (Å²) in [6.07, 6.45) is 1.25. The van der Waals surface area contributed by atoms with Crippen molar-refractivity contribution in [2.75, 3.05) is 25.6 Å². The Morgan fingerprint density at radius 2 is 1.86 bits per heavy atom. The van der Waals surface area contributed by atoms with Gasteiger partial charge in [0.05, 0.1) is 36.7 Å². The van der Waals surface area contributed by atoms with Crippen LogP contribution in [0.5, 0.6) is 23.0 Å². The topological polar surface area (TPSA) is 158 Å². The minimum Gasteiger partial charge on any atom is -0.493 e. The van der Waals surface area contributed by atoms with Crippen LogP contribution in [-0.4, -0.2) is 64.8 Å². The highest BCUT2D eigenvalue weighted by atomic mass is 19.1. The standard InChI is InChI=1S/C36H36FN5O8/c1-20(38)36(45)49-25-15-24(47-19-25)18-48-32-17-28-26(16-31(32)46-4)29(12-13-39-28)50-30-11-10-22(14-27(30)37)40-34(43)33-21(2)41(3)42(35(33)44)23-8-6-5-7-9-23/h5-14,16-17,20,24-25H,15,18-19,38H2,1-4H3,(H,40,43). The van der Waals surface area contributed by atoms with Crippen molar-refractivity contribution in [3.8, 4) is 28.7 Å². The van der Waals surface area contributed by atoms with Crippen molar-refractivity contribution < 1.29 is 37.7 Å². The maximum Gasteiger partial charge on any atom is 0.322 e. The van der Waals surface area contributed by atoms with Gasteiger partial charge in [0, 0.05) is 42.9 Å². The summed E-state index contributed by atoms with van der Waals surface area (Å²) in [7, 11) is 3.17. The Hall–Kier alpha value is -5.73. The highest BCUT2D eigenvalue weighted by Crippen LogP contribution is 2.38. The molecule has 0 saturated carbocycles. The molecular formula is C36H36FN5O8. The van der Waals surface area contributed by atoms with Crippen molar-refractivity contribution in [1.29, 1.82) is 0 Å². The fourth-order valence-corrected chi connectivity index (χ4v) is 5.62. The fourth-order valence-electron chi connectivity index (χ4n) is 5.62. The summed E-state index contributed by atoms with van der Waals surface area (Å²) in [4.78, 5) is 42.7. The monoisotopic (exact) mass is 685 g/mol. The minimum absolute atomic E-state index is 0.0553. The Bertz CT molecular complexity index is 2110. The lowest BCUT2D eigenvalue weighted by Gasteiger charge is -2.16. The number of methoxy groups -OCH3 is 1. The van der Waals surface area contributed by atoms with Crippen molar-refractivity contribution in [2.24, 2.45) is 12.8 Å². The number of amides is 1. The van der Waals surface area contributed by atoms with Gasteiger partial charge >= 0.3 is 5.97 Å². The number of pyridine rings is 1. The lowest BCUT2D eigenvalue weighted by atomic mass is 10.1. The molecule has 3 atom stereocenters. The molecule has 3 N–H and O–H groups in total. The van der Waals surface area contributed by atoms with Gasteiger partial charge in [-0.3, -0.25) is 24.0 Å². The number of carbonyl (C=O) groups is 2. The maximum atomic E-state index is 15.4. The van der Waals surface area contributed by atoms with Crippen molar-refractivity contribution in [3.05, 3.63) is 100 Å². The third-order valence-corrected chi connectivity index (χ3v) is 8.30. The van der Waals surface area contributed by atoms with Gasteiger partial charge in [-0.1, -0.05) is 18.2 Å². The number of esters is 1. The number of benzene rings is 3. The van der Waals surface area contributed by atoms with Gasteiger partial charge in [-0.15, -0.1) is 0 Å². The first-order valence-electron chi connectivity index (χ1n) is 15.8. The van der Waals surface area contributed by atoms with E-state index >= 15 is 4.39 Å². The molecule has 0 radical (unpaired) electrons. The minimum atomic E-state index is -0.743. The molecule has 3 unspecified atom stereocenters. The van der Waals surface area contributed by atoms with Crippen LogP contribution in [0.3, 0.4) is 0 Å². The number of ether oxygens (including phenoxy) is 5. The summed E-state index contributed by atoms with van der Waals surface area (Å²) in [5.74, 6) is -0.913. The molecule has 1 aliphatic rings. The Morgan fingerprint density at radius 1 is 1.08 bits per heavy atom. The highest BCUT2D eigenvalue weighted by Gasteiger charge is 2.30. The lowest BCUT2D eigenvalue weighted by Crippen LogP contribution is -2.32. The first-order valence-corrected chi connectivity index (χ1v) is 15.8. The summed E-state index contributed by atoms with van der Waals surface area (Å²) in [5.41, 5.74) is 6.72. The molecular weight excluding hydrogens is 649 g/mol. The van der Waals surface area contributed by atoms with Gasteiger partial charge in [0.25, 0.3) is 11.5 Å². The summed E-state index contributed by atoms with van der Waals surface area (Å²) in [6.45, 7) is 3.64. The fraction of sp³-hybridized carbons (Fsp3) is 0.278. The number of carbonyl (C=O) groups excluding carboxylic acids is 2. The van der Waals surface area contributed by atoms with Crippen LogP contribution in [0.15, 0.2) is 77.7 Å². The van der Waals surface area contributed by atoms with E-state index in [-0.39, 0.29) is 36.3 Å². The summed E-state index contributed by atoms with van der Waals surface area (Å²) in [5, 5.41) is 3.15. The molecule has 5 aromatic rings. The largest absolute Gasteiger partial charge is 0.493 e. The van der Waals surface area contributed by atoms with Crippen LogP contribution in [0.2, 0.25) is 0 Å². The van der Waals surface area contributed by atoms with Crippen LogP contribution in [0.1, 0.15) is 29.4 Å². The molecule has 0 bridgehead atoms. The molecule has 50 heavy (non-hydrogen) atoms. The zero-order chi connectivity index (χ0) is 35.5. The molecule has 0 aliphatic carbocycles. The summed E-state index contributed by atoms with van der Waals surface area (Å²) < 4.78 is 47.0. The number of rotatable bonds is 11. The number of hydrogen-bond acceptors (Lipinski definition) is 10. The Morgan fingerprint density at radius 3 is 2.58 bits per heavy atom. The lowest BCUT2D eigenvalue weighted by molar-refractivity contribution is -0.150. The normalized spacial score (nSPS) is 16.2. The van der Waals surface area contributed by atoms with E-state index in [2.05, 4.69) is 10.3 Å². The van der Waals surface area contributed by atoms with Gasteiger partial charge in [-0.2, -0.15) is 0 Å². The second-order valence-corrected chi connectivity index (χ2v) is 11.8. The van der Waals surface area contributed by atoms with Gasteiger partial charge in [0.2, 0.25) is 0 Å². The van der Waals surface area contributed by atoms with E-state index in [0.29, 0.717) is 46.0 Å². The molecule has 1 amide bonds. The molecule has 1 saturated heterocycles. The number of hydrogen-bond donors (Lipinski definition) is 2. The van der Waals surface area contributed by atoms with E-state index in [9.17, 15) is 14.4 Å². The van der Waals surface area contributed by atoms with Gasteiger partial charge in [0.15, 0.2) is 23.1 Å². The SMILES string of the molecule is COc1cc2c(Oc3ccc(NC(=O)c4c(C)n(C)n(-c5ccccc5)c4=O)cc3F)ccnc2cc1OCC1CC(OC(=O)C(C)N)CO1. The zero-order valence-electron chi connectivity index (χ0n) is 27.8. The van der Waals surface area contributed by atoms with Gasteiger partial charge < -0.3 is 34.7 Å². The number of aromatic nitrogens is 3. The average molecular weight is 686 g/mol. The van der Waals surface area contributed by atoms with E-state index in [0.717, 1.165) is 6.07 Å². The van der Waals surface area contributed by atoms with Crippen LogP contribution < -0.4 is 30.8 Å². The molecule has 3 heterocycles. The van der Waals surface area contributed by atoms with Crippen LogP contribution in [-0.2, 0) is 21.3 Å². The molecule has 2 aromatic heterocycles. The number of fused-ring (bicyclic) bond motifs is 1. The third-order valence-electron chi connectivity index (χ3n) is 8.30. The number of nitrogens with two attached hydrogens (primary N) is 1. The number of nitrogens with one attached hydrogen (secondary N) is 1. The summed E-state index contributed by atoms with van der Waals surface area (Å²) >= 11 is 0. The molecule has 13 nitrogen and oxygen atoms in total. The van der Waals surface area contributed by atoms with E-state index in [1.165, 1.54) is 30.1 Å². The third kappa shape index (κ3) is 7.02. The molecule has 6 rings (SSSR count). The van der Waals surface area contributed by atoms with E-state index in [1.807, 2.05) is 6.07 Å². The predicted octanol–water partition coefficient (Wildman–Crippen LogP) is 4.65. The van der Waals surface area contributed by atoms with Gasteiger partial charge in [-0.25, -0.2) is 9.07 Å². The first kappa shape index (κ1) is 34.1. The zero-order valence-corrected chi connectivity index (χ0v) is 27.8. The van der Waals surface area contributed by atoms with Crippen molar-refractivity contribution >= 4 is 28.5 Å². The summed E-state index contributed by atoms with van der Waals surface area (Å²) in [6, 6.07) is 17.1. The molecule has 260 valence electrons. The van der Waals surface area contributed by atoms with Crippen LogP contribution >= 0.6 is 0 Å². The quantitative estimate of drug-likeness (QED) is 0.188. The van der Waals surface area contributed by atoms with Gasteiger partial charge in [0.1, 0.15) is 30.1 Å². The van der Waals surface area contributed by atoms with Crippen LogP contribution in [0.4, 0.5) is 10.1 Å². The van der Waals surface area contributed by atoms with Gasteiger partial charge in [-0.05, 0) is 50.2 Å².